The minimum atomic E-state index is -0.210. The van der Waals surface area contributed by atoms with Crippen molar-refractivity contribution in [2.24, 2.45) is 4.99 Å². The lowest BCUT2D eigenvalue weighted by Crippen LogP contribution is -2.28. The van der Waals surface area contributed by atoms with Crippen molar-refractivity contribution in [3.63, 3.8) is 0 Å². The van der Waals surface area contributed by atoms with Gasteiger partial charge in [0.15, 0.2) is 0 Å². The summed E-state index contributed by atoms with van der Waals surface area (Å²) in [7, 11) is 0. The molecule has 2 fully saturated rings. The number of aromatic amines is 1. The molecular weight excluding hydrogens is 387 g/mol. The van der Waals surface area contributed by atoms with E-state index in [1.54, 1.807) is 23.9 Å². The van der Waals surface area contributed by atoms with Gasteiger partial charge in [-0.25, -0.2) is 4.39 Å². The lowest BCUT2D eigenvalue weighted by molar-refractivity contribution is -0.127. The molecule has 0 bridgehead atoms. The van der Waals surface area contributed by atoms with E-state index in [4.69, 9.17) is 4.99 Å². The minimum Gasteiger partial charge on any atom is -0.381 e. The molecule has 5 nitrogen and oxygen atoms in total. The molecule has 1 atom stereocenters. The maximum Gasteiger partial charge on any atom is 0.222 e. The van der Waals surface area contributed by atoms with E-state index in [0.29, 0.717) is 12.5 Å². The van der Waals surface area contributed by atoms with Crippen LogP contribution in [-0.4, -0.2) is 51.8 Å². The van der Waals surface area contributed by atoms with Gasteiger partial charge >= 0.3 is 0 Å². The number of carbonyl (C=O) groups excluding carboxylic acids is 1. The Morgan fingerprint density at radius 2 is 2.10 bits per heavy atom. The number of hydrogen-bond donors (Lipinski definition) is 2. The number of hydrogen-bond acceptors (Lipinski definition) is 4. The molecule has 5 rings (SSSR count). The summed E-state index contributed by atoms with van der Waals surface area (Å²) in [6.07, 6.45) is 7.36. The van der Waals surface area contributed by atoms with Gasteiger partial charge in [0.2, 0.25) is 5.91 Å². The monoisotopic (exact) mass is 414 g/mol. The fraction of sp³-hybridized carbons (Fsp3) is 0.545. The molecule has 3 aliphatic rings. The van der Waals surface area contributed by atoms with E-state index >= 15 is 0 Å². The standard InChI is InChI=1S/C22H27FN4OS/c23-15-10-14-11-19(26-21(14)18(12-15)24-16-4-1-2-5-16)22-25-17(13-29-22)7-9-27-8-3-6-20(27)28/h10-12,16-17,24,26H,1-9,13H2/t17-/m1/s1. The van der Waals surface area contributed by atoms with Crippen LogP contribution in [0, 0.1) is 5.82 Å². The molecule has 2 N–H and O–H groups in total. The Bertz CT molecular complexity index is 950. The second-order valence-corrected chi connectivity index (χ2v) is 9.41. The van der Waals surface area contributed by atoms with Gasteiger partial charge in [0.25, 0.3) is 0 Å². The summed E-state index contributed by atoms with van der Waals surface area (Å²) in [4.78, 5) is 22.1. The molecule has 1 aromatic carbocycles. The van der Waals surface area contributed by atoms with Crippen LogP contribution >= 0.6 is 11.8 Å². The Kier molecular flexibility index (Phi) is 5.24. The normalized spacial score (nSPS) is 22.8. The number of likely N-dealkylation sites (tertiary alicyclic amines) is 1. The minimum absolute atomic E-state index is 0.210. The first-order chi connectivity index (χ1) is 14.2. The average molecular weight is 415 g/mol. The summed E-state index contributed by atoms with van der Waals surface area (Å²) in [5.41, 5.74) is 2.78. The Balaban J connectivity index is 1.32. The van der Waals surface area contributed by atoms with Crippen LogP contribution in [0.4, 0.5) is 10.1 Å². The predicted octanol–water partition coefficient (Wildman–Crippen LogP) is 4.54. The molecule has 0 radical (unpaired) electrons. The number of nitrogens with zero attached hydrogens (tertiary/aromatic N) is 2. The van der Waals surface area contributed by atoms with E-state index in [2.05, 4.69) is 10.3 Å². The van der Waals surface area contributed by atoms with Crippen molar-refractivity contribution in [2.45, 2.75) is 57.0 Å². The molecule has 1 saturated heterocycles. The first-order valence-corrected chi connectivity index (χ1v) is 11.7. The maximum absolute atomic E-state index is 14.2. The maximum atomic E-state index is 14.2. The third kappa shape index (κ3) is 4.02. The summed E-state index contributed by atoms with van der Waals surface area (Å²) in [6, 6.07) is 5.87. The van der Waals surface area contributed by atoms with Crippen molar-refractivity contribution in [2.75, 3.05) is 24.2 Å². The third-order valence-electron chi connectivity index (χ3n) is 6.25. The van der Waals surface area contributed by atoms with E-state index in [1.165, 1.54) is 12.8 Å². The number of thioether (sulfide) groups is 1. The molecule has 2 aliphatic heterocycles. The number of nitrogens with one attached hydrogen (secondary N) is 2. The number of fused-ring (bicyclic) bond motifs is 1. The average Bonchev–Trinajstić information content (AvgIpc) is 3.47. The molecular formula is C22H27FN4OS. The smallest absolute Gasteiger partial charge is 0.222 e. The molecule has 1 aliphatic carbocycles. The van der Waals surface area contributed by atoms with E-state index < -0.39 is 0 Å². The lowest BCUT2D eigenvalue weighted by atomic mass is 10.2. The van der Waals surface area contributed by atoms with Gasteiger partial charge in [0.05, 0.1) is 22.9 Å². The zero-order chi connectivity index (χ0) is 19.8. The Hall–Kier alpha value is -2.02. The number of aromatic nitrogens is 1. The van der Waals surface area contributed by atoms with Crippen LogP contribution in [0.25, 0.3) is 10.9 Å². The summed E-state index contributed by atoms with van der Waals surface area (Å²) in [5, 5.41) is 5.41. The quantitative estimate of drug-likeness (QED) is 0.730. The van der Waals surface area contributed by atoms with Crippen LogP contribution < -0.4 is 5.32 Å². The van der Waals surface area contributed by atoms with E-state index in [1.807, 2.05) is 11.0 Å². The molecule has 1 saturated carbocycles. The predicted molar refractivity (Wildman–Crippen MR) is 117 cm³/mol. The molecule has 2 aromatic rings. The van der Waals surface area contributed by atoms with Gasteiger partial charge in [-0.05, 0) is 43.9 Å². The largest absolute Gasteiger partial charge is 0.381 e. The Morgan fingerprint density at radius 3 is 2.90 bits per heavy atom. The number of benzene rings is 1. The highest BCUT2D eigenvalue weighted by molar-refractivity contribution is 8.14. The fourth-order valence-corrected chi connectivity index (χ4v) is 5.76. The zero-order valence-corrected chi connectivity index (χ0v) is 17.4. The van der Waals surface area contributed by atoms with Crippen LogP contribution in [0.15, 0.2) is 23.2 Å². The summed E-state index contributed by atoms with van der Waals surface area (Å²) >= 11 is 1.75. The summed E-state index contributed by atoms with van der Waals surface area (Å²) in [5.74, 6) is 1.01. The topological polar surface area (TPSA) is 60.5 Å². The van der Waals surface area contributed by atoms with Crippen LogP contribution in [0.3, 0.4) is 0 Å². The van der Waals surface area contributed by atoms with Crippen molar-refractivity contribution in [1.29, 1.82) is 0 Å². The van der Waals surface area contributed by atoms with Crippen LogP contribution in [0.2, 0.25) is 0 Å². The number of H-pyrrole nitrogens is 1. The molecule has 154 valence electrons. The van der Waals surface area contributed by atoms with Gasteiger partial charge in [-0.1, -0.05) is 12.8 Å². The summed E-state index contributed by atoms with van der Waals surface area (Å²) < 4.78 is 14.2. The fourth-order valence-electron chi connectivity index (χ4n) is 4.68. The zero-order valence-electron chi connectivity index (χ0n) is 16.5. The lowest BCUT2D eigenvalue weighted by Gasteiger charge is -2.16. The first kappa shape index (κ1) is 19.0. The molecule has 29 heavy (non-hydrogen) atoms. The number of anilines is 1. The van der Waals surface area contributed by atoms with Gasteiger partial charge in [0.1, 0.15) is 10.9 Å². The van der Waals surface area contributed by atoms with Crippen LogP contribution in [-0.2, 0) is 4.79 Å². The number of amides is 1. The van der Waals surface area contributed by atoms with E-state index in [9.17, 15) is 9.18 Å². The number of aliphatic imine (C=N–C) groups is 1. The Morgan fingerprint density at radius 1 is 1.24 bits per heavy atom. The van der Waals surface area contributed by atoms with E-state index in [0.717, 1.165) is 71.9 Å². The highest BCUT2D eigenvalue weighted by atomic mass is 32.2. The molecule has 7 heteroatoms. The van der Waals surface area contributed by atoms with Crippen molar-refractivity contribution in [3.05, 3.63) is 29.7 Å². The number of carbonyl (C=O) groups is 1. The molecule has 0 unspecified atom stereocenters. The Labute approximate surface area is 174 Å². The SMILES string of the molecule is O=C1CCCN1CC[C@@H]1CSC(c2cc3cc(F)cc(NC4CCCC4)c3[nH]2)=N1. The second-order valence-electron chi connectivity index (χ2n) is 8.40. The highest BCUT2D eigenvalue weighted by Crippen LogP contribution is 2.32. The number of halogens is 1. The van der Waals surface area contributed by atoms with Crippen molar-refractivity contribution in [3.8, 4) is 0 Å². The van der Waals surface area contributed by atoms with Gasteiger partial charge in [0, 0.05) is 36.7 Å². The van der Waals surface area contributed by atoms with Gasteiger partial charge in [-0.15, -0.1) is 11.8 Å². The molecule has 1 amide bonds. The molecule has 1 aromatic heterocycles. The highest BCUT2D eigenvalue weighted by Gasteiger charge is 2.25. The van der Waals surface area contributed by atoms with Crippen molar-refractivity contribution >= 4 is 39.3 Å². The molecule has 3 heterocycles. The van der Waals surface area contributed by atoms with Gasteiger partial charge in [-0.3, -0.25) is 9.79 Å². The van der Waals surface area contributed by atoms with Crippen molar-refractivity contribution < 1.29 is 9.18 Å². The van der Waals surface area contributed by atoms with E-state index in [-0.39, 0.29) is 17.8 Å². The van der Waals surface area contributed by atoms with Crippen LogP contribution in [0.5, 0.6) is 0 Å². The second kappa shape index (κ2) is 8.01. The van der Waals surface area contributed by atoms with Crippen LogP contribution in [0.1, 0.15) is 50.6 Å². The van der Waals surface area contributed by atoms with Gasteiger partial charge in [-0.2, -0.15) is 0 Å². The van der Waals surface area contributed by atoms with Gasteiger partial charge < -0.3 is 15.2 Å². The number of rotatable bonds is 6. The first-order valence-electron chi connectivity index (χ1n) is 10.7. The summed E-state index contributed by atoms with van der Waals surface area (Å²) in [6.45, 7) is 1.69. The van der Waals surface area contributed by atoms with Crippen molar-refractivity contribution in [1.82, 2.24) is 9.88 Å². The third-order valence-corrected chi connectivity index (χ3v) is 7.40. The molecule has 0 spiro atoms.